The molecular formula is C39H22N8O2S. The van der Waals surface area contributed by atoms with Crippen molar-refractivity contribution in [3.8, 4) is 44.9 Å². The van der Waals surface area contributed by atoms with E-state index in [1.165, 1.54) is 0 Å². The number of thiophene rings is 1. The second-order valence-corrected chi connectivity index (χ2v) is 13.1. The van der Waals surface area contributed by atoms with Crippen LogP contribution < -0.4 is 0 Å². The molecule has 0 saturated carbocycles. The summed E-state index contributed by atoms with van der Waals surface area (Å²) in [5.41, 5.74) is 8.33. The second kappa shape index (κ2) is 10.3. The summed E-state index contributed by atoms with van der Waals surface area (Å²) in [7, 11) is 0. The van der Waals surface area contributed by atoms with E-state index in [0.717, 1.165) is 64.7 Å². The van der Waals surface area contributed by atoms with Gasteiger partial charge in [-0.25, -0.2) is 14.6 Å². The molecule has 0 atom stereocenters. The minimum atomic E-state index is 0.388. The van der Waals surface area contributed by atoms with Gasteiger partial charge in [0.05, 0.1) is 45.8 Å². The maximum Gasteiger partial charge on any atom is 0.230 e. The van der Waals surface area contributed by atoms with E-state index in [-0.39, 0.29) is 0 Å². The van der Waals surface area contributed by atoms with Crippen LogP contribution in [-0.4, -0.2) is 39.7 Å². The fourth-order valence-electron chi connectivity index (χ4n) is 6.88. The molecule has 236 valence electrons. The van der Waals surface area contributed by atoms with Gasteiger partial charge in [0.25, 0.3) is 0 Å². The summed E-state index contributed by atoms with van der Waals surface area (Å²) in [6.45, 7) is 0. The van der Waals surface area contributed by atoms with Crippen molar-refractivity contribution in [1.82, 2.24) is 39.7 Å². The number of aromatic nitrogens is 8. The van der Waals surface area contributed by atoms with Crippen molar-refractivity contribution in [3.63, 3.8) is 0 Å². The molecule has 0 bridgehead atoms. The van der Waals surface area contributed by atoms with Crippen molar-refractivity contribution in [2.75, 3.05) is 0 Å². The fraction of sp³-hybridized carbons (Fsp3) is 0. The van der Waals surface area contributed by atoms with Crippen LogP contribution >= 0.6 is 11.3 Å². The van der Waals surface area contributed by atoms with Crippen molar-refractivity contribution >= 4 is 65.5 Å². The molecule has 6 heterocycles. The third-order valence-electron chi connectivity index (χ3n) is 9.08. The van der Waals surface area contributed by atoms with E-state index in [0.29, 0.717) is 34.3 Å². The first-order valence-corrected chi connectivity index (χ1v) is 16.8. The molecular weight excluding hydrogens is 645 g/mol. The quantitative estimate of drug-likeness (QED) is 0.194. The highest BCUT2D eigenvalue weighted by atomic mass is 32.1. The number of oxazole rings is 1. The van der Waals surface area contributed by atoms with E-state index in [1.54, 1.807) is 22.3 Å². The number of nitrogens with one attached hydrogen (secondary N) is 1. The molecule has 1 N–H and O–H groups in total. The predicted octanol–water partition coefficient (Wildman–Crippen LogP) is 9.59. The zero-order chi connectivity index (χ0) is 32.8. The molecule has 0 aliphatic carbocycles. The Morgan fingerprint density at radius 2 is 1.52 bits per heavy atom. The number of H-pyrrole nitrogens is 1. The number of rotatable bonds is 5. The zero-order valence-electron chi connectivity index (χ0n) is 26.0. The lowest BCUT2D eigenvalue weighted by Gasteiger charge is -2.19. The molecule has 50 heavy (non-hydrogen) atoms. The molecule has 0 aliphatic heterocycles. The fourth-order valence-corrected chi connectivity index (χ4v) is 7.99. The van der Waals surface area contributed by atoms with Crippen LogP contribution in [0.5, 0.6) is 0 Å². The van der Waals surface area contributed by atoms with Crippen LogP contribution in [0.1, 0.15) is 0 Å². The number of hydrogen-bond donors (Lipinski definition) is 1. The number of benzene rings is 5. The number of imidazole rings is 1. The van der Waals surface area contributed by atoms with Crippen LogP contribution in [-0.2, 0) is 0 Å². The van der Waals surface area contributed by atoms with E-state index in [2.05, 4.69) is 47.4 Å². The average Bonchev–Trinajstić information content (AvgIpc) is 4.00. The molecule has 0 saturated heterocycles. The Morgan fingerprint density at radius 1 is 0.700 bits per heavy atom. The lowest BCUT2D eigenvalue weighted by atomic mass is 9.95. The van der Waals surface area contributed by atoms with Gasteiger partial charge in [0.15, 0.2) is 5.58 Å². The van der Waals surface area contributed by atoms with Crippen LogP contribution in [0.15, 0.2) is 137 Å². The van der Waals surface area contributed by atoms with Gasteiger partial charge in [0.1, 0.15) is 22.4 Å². The number of nitrogens with zero attached hydrogens (tertiary/aromatic N) is 7. The van der Waals surface area contributed by atoms with Crippen molar-refractivity contribution in [3.05, 3.63) is 128 Å². The predicted molar refractivity (Wildman–Crippen MR) is 195 cm³/mol. The maximum absolute atomic E-state index is 6.57. The molecule has 0 spiro atoms. The Balaban J connectivity index is 1.41. The lowest BCUT2D eigenvalue weighted by Crippen LogP contribution is -2.07. The number of fused-ring (bicyclic) bond motifs is 5. The molecule has 0 unspecified atom stereocenters. The highest BCUT2D eigenvalue weighted by Crippen LogP contribution is 2.50. The highest BCUT2D eigenvalue weighted by molar-refractivity contribution is 7.22. The van der Waals surface area contributed by atoms with Gasteiger partial charge in [-0.3, -0.25) is 0 Å². The first kappa shape index (κ1) is 27.1. The van der Waals surface area contributed by atoms with Crippen molar-refractivity contribution in [1.29, 1.82) is 0 Å². The summed E-state index contributed by atoms with van der Waals surface area (Å²) in [6.07, 6.45) is 3.52. The molecule has 5 aromatic carbocycles. The van der Waals surface area contributed by atoms with Crippen molar-refractivity contribution in [2.45, 2.75) is 0 Å². The van der Waals surface area contributed by atoms with Gasteiger partial charge in [-0.05, 0) is 53.9 Å². The summed E-state index contributed by atoms with van der Waals surface area (Å²) >= 11 is 1.70. The standard InChI is InChI=1S/C39H22N8O2S/c1-6-15-27-23(11-1)21-40-46(27)36-32(30-20-22-10-2-8-17-29(22)50-30)37-35(44-45-47(37)31-18-9-19-48-31)33(39-43-26-14-5-7-16-28(26)49-39)34(36)38-41-24-12-3-4-13-25(24)42-38/h1-21H,(H,41,42). The van der Waals surface area contributed by atoms with E-state index in [4.69, 9.17) is 34.2 Å². The Hall–Kier alpha value is -6.85. The lowest BCUT2D eigenvalue weighted by molar-refractivity contribution is 0.522. The zero-order valence-corrected chi connectivity index (χ0v) is 26.8. The van der Waals surface area contributed by atoms with E-state index < -0.39 is 0 Å². The molecule has 11 rings (SSSR count). The second-order valence-electron chi connectivity index (χ2n) is 12.0. The summed E-state index contributed by atoms with van der Waals surface area (Å²) in [5, 5.41) is 16.8. The summed E-state index contributed by atoms with van der Waals surface area (Å²) in [5.74, 6) is 1.53. The minimum Gasteiger partial charge on any atom is -0.447 e. The molecule has 0 aliphatic rings. The topological polar surface area (TPSA) is 116 Å². The summed E-state index contributed by atoms with van der Waals surface area (Å²) in [4.78, 5) is 14.8. The van der Waals surface area contributed by atoms with Crippen LogP contribution in [0, 0.1) is 0 Å². The summed E-state index contributed by atoms with van der Waals surface area (Å²) in [6, 6.07) is 38.2. The van der Waals surface area contributed by atoms with Crippen molar-refractivity contribution < 1.29 is 8.83 Å². The monoisotopic (exact) mass is 666 g/mol. The molecule has 10 nitrogen and oxygen atoms in total. The van der Waals surface area contributed by atoms with E-state index in [1.807, 2.05) is 83.7 Å². The van der Waals surface area contributed by atoms with Crippen LogP contribution in [0.2, 0.25) is 0 Å². The van der Waals surface area contributed by atoms with Crippen LogP contribution in [0.25, 0.3) is 99.0 Å². The third-order valence-corrected chi connectivity index (χ3v) is 10.2. The third kappa shape index (κ3) is 3.92. The Morgan fingerprint density at radius 3 is 2.38 bits per heavy atom. The summed E-state index contributed by atoms with van der Waals surface area (Å²) < 4.78 is 17.4. The van der Waals surface area contributed by atoms with Crippen LogP contribution in [0.3, 0.4) is 0 Å². The number of hydrogen-bond acceptors (Lipinski definition) is 8. The first-order valence-electron chi connectivity index (χ1n) is 16.0. The number of para-hydroxylation sites is 5. The molecule has 11 aromatic rings. The highest BCUT2D eigenvalue weighted by Gasteiger charge is 2.33. The Bertz CT molecular complexity index is 2970. The molecule has 11 heteroatoms. The largest absolute Gasteiger partial charge is 0.447 e. The van der Waals surface area contributed by atoms with Crippen molar-refractivity contribution in [2.24, 2.45) is 0 Å². The Labute approximate surface area is 285 Å². The normalized spacial score (nSPS) is 12.0. The van der Waals surface area contributed by atoms with Gasteiger partial charge in [0.2, 0.25) is 11.8 Å². The average molecular weight is 667 g/mol. The molecule has 0 fully saturated rings. The van der Waals surface area contributed by atoms with Gasteiger partial charge in [0, 0.05) is 26.6 Å². The van der Waals surface area contributed by atoms with Gasteiger partial charge in [-0.2, -0.15) is 9.78 Å². The SMILES string of the molecule is c1coc(-n2nnc3c(-c4nc5ccccc5o4)c(-c4nc5ccccc5[nH]4)c(-n4ncc5ccccc54)c(-c4cc5ccccc5s4)c32)c1. The van der Waals surface area contributed by atoms with E-state index >= 15 is 0 Å². The van der Waals surface area contributed by atoms with Gasteiger partial charge in [-0.15, -0.1) is 16.4 Å². The minimum absolute atomic E-state index is 0.388. The molecule has 0 radical (unpaired) electrons. The van der Waals surface area contributed by atoms with Gasteiger partial charge in [-0.1, -0.05) is 65.9 Å². The smallest absolute Gasteiger partial charge is 0.230 e. The van der Waals surface area contributed by atoms with Crippen LogP contribution in [0.4, 0.5) is 0 Å². The van der Waals surface area contributed by atoms with Gasteiger partial charge >= 0.3 is 0 Å². The number of furan rings is 1. The van der Waals surface area contributed by atoms with E-state index in [9.17, 15) is 0 Å². The number of aromatic amines is 1. The molecule has 6 aromatic heterocycles. The first-order chi connectivity index (χ1) is 24.8. The van der Waals surface area contributed by atoms with Gasteiger partial charge < -0.3 is 13.8 Å². The maximum atomic E-state index is 6.57. The Kier molecular flexibility index (Phi) is 5.60. The molecule has 0 amide bonds.